The number of benzene rings is 3. The molecule has 0 fully saturated rings. The van der Waals surface area contributed by atoms with Crippen LogP contribution in [-0.4, -0.2) is 7.05 Å². The molecule has 0 N–H and O–H groups in total. The summed E-state index contributed by atoms with van der Waals surface area (Å²) < 4.78 is 15.8. The van der Waals surface area contributed by atoms with Crippen molar-refractivity contribution in [2.45, 2.75) is 6.92 Å². The number of nitrogens with zero attached hydrogens (tertiary/aromatic N) is 1. The molecule has 3 aromatic carbocycles. The first-order valence-electron chi connectivity index (χ1n) is 7.55. The lowest BCUT2D eigenvalue weighted by Crippen LogP contribution is -2.09. The van der Waals surface area contributed by atoms with Crippen LogP contribution in [0, 0.1) is 12.7 Å². The quantitative estimate of drug-likeness (QED) is 0.420. The molecule has 0 aliphatic rings. The molecule has 1 nitrogen and oxygen atoms in total. The molecule has 0 spiro atoms. The van der Waals surface area contributed by atoms with Crippen LogP contribution in [0.15, 0.2) is 60.7 Å². The Morgan fingerprint density at radius 1 is 0.826 bits per heavy atom. The van der Waals surface area contributed by atoms with Gasteiger partial charge in [0.25, 0.3) is 0 Å². The second-order valence-electron chi connectivity index (χ2n) is 5.74. The van der Waals surface area contributed by atoms with Gasteiger partial charge in [0.2, 0.25) is 0 Å². The van der Waals surface area contributed by atoms with Gasteiger partial charge in [-0.15, -0.1) is 11.3 Å². The summed E-state index contributed by atoms with van der Waals surface area (Å²) in [5.74, 6) is -0.210. The van der Waals surface area contributed by atoms with Gasteiger partial charge in [0.15, 0.2) is 0 Å². The molecule has 0 saturated heterocycles. The van der Waals surface area contributed by atoms with Crippen molar-refractivity contribution in [2.24, 2.45) is 0 Å². The summed E-state index contributed by atoms with van der Waals surface area (Å²) in [6, 6.07) is 19.5. The van der Waals surface area contributed by atoms with E-state index in [0.717, 1.165) is 11.4 Å². The molecule has 114 valence electrons. The van der Waals surface area contributed by atoms with E-state index in [9.17, 15) is 4.39 Å². The summed E-state index contributed by atoms with van der Waals surface area (Å²) in [6.45, 7) is 2.15. The minimum atomic E-state index is -0.210. The summed E-state index contributed by atoms with van der Waals surface area (Å²) >= 11 is 1.83. The van der Waals surface area contributed by atoms with Gasteiger partial charge in [-0.2, -0.15) is 0 Å². The van der Waals surface area contributed by atoms with E-state index in [1.54, 1.807) is 0 Å². The number of hydrogen-bond donors (Lipinski definition) is 0. The third-order valence-electron chi connectivity index (χ3n) is 4.28. The zero-order valence-electron chi connectivity index (χ0n) is 13.0. The van der Waals surface area contributed by atoms with Gasteiger partial charge in [0.1, 0.15) is 5.82 Å². The molecule has 3 heteroatoms. The first-order valence-corrected chi connectivity index (χ1v) is 8.37. The fourth-order valence-electron chi connectivity index (χ4n) is 3.01. The minimum Gasteiger partial charge on any atom is -0.343 e. The van der Waals surface area contributed by atoms with Gasteiger partial charge in [-0.05, 0) is 42.8 Å². The maximum Gasteiger partial charge on any atom is 0.123 e. The van der Waals surface area contributed by atoms with Crippen LogP contribution in [0.3, 0.4) is 0 Å². The number of thiophene rings is 1. The lowest BCUT2D eigenvalue weighted by molar-refractivity contribution is 0.628. The molecule has 0 aliphatic heterocycles. The van der Waals surface area contributed by atoms with Crippen molar-refractivity contribution in [2.75, 3.05) is 11.9 Å². The van der Waals surface area contributed by atoms with Gasteiger partial charge < -0.3 is 4.90 Å². The predicted octanol–water partition coefficient (Wildman–Crippen LogP) is 6.27. The van der Waals surface area contributed by atoms with Crippen molar-refractivity contribution in [3.8, 4) is 0 Å². The van der Waals surface area contributed by atoms with E-state index in [1.807, 2.05) is 30.5 Å². The number of aryl methyl sites for hydroxylation is 1. The fraction of sp³-hybridized carbons (Fsp3) is 0.100. The maximum atomic E-state index is 13.2. The number of anilines is 2. The predicted molar refractivity (Wildman–Crippen MR) is 98.5 cm³/mol. The van der Waals surface area contributed by atoms with E-state index in [1.165, 1.54) is 37.9 Å². The van der Waals surface area contributed by atoms with Crippen LogP contribution in [-0.2, 0) is 0 Å². The Bertz CT molecular complexity index is 1000. The number of hydrogen-bond acceptors (Lipinski definition) is 2. The molecule has 0 amide bonds. The van der Waals surface area contributed by atoms with Gasteiger partial charge >= 0.3 is 0 Å². The molecule has 0 atom stereocenters. The topological polar surface area (TPSA) is 3.24 Å². The van der Waals surface area contributed by atoms with Crippen molar-refractivity contribution in [1.82, 2.24) is 0 Å². The van der Waals surface area contributed by atoms with Crippen molar-refractivity contribution in [3.05, 3.63) is 72.0 Å². The molecule has 0 aliphatic carbocycles. The highest BCUT2D eigenvalue weighted by molar-refractivity contribution is 7.26. The molecule has 0 saturated carbocycles. The first kappa shape index (κ1) is 14.2. The summed E-state index contributed by atoms with van der Waals surface area (Å²) in [5, 5.41) is 2.58. The smallest absolute Gasteiger partial charge is 0.123 e. The van der Waals surface area contributed by atoms with Crippen molar-refractivity contribution in [1.29, 1.82) is 0 Å². The number of halogens is 1. The Morgan fingerprint density at radius 3 is 2.22 bits per heavy atom. The van der Waals surface area contributed by atoms with Crippen LogP contribution < -0.4 is 4.90 Å². The second-order valence-corrected chi connectivity index (χ2v) is 6.76. The second kappa shape index (κ2) is 5.36. The molecule has 1 aromatic heterocycles. The minimum absolute atomic E-state index is 0.210. The van der Waals surface area contributed by atoms with E-state index in [-0.39, 0.29) is 5.82 Å². The summed E-state index contributed by atoms with van der Waals surface area (Å²) in [4.78, 5) is 2.12. The molecule has 4 aromatic rings. The Morgan fingerprint density at radius 2 is 1.48 bits per heavy atom. The van der Waals surface area contributed by atoms with Crippen molar-refractivity contribution >= 4 is 42.9 Å². The Balaban J connectivity index is 1.95. The van der Waals surface area contributed by atoms with Crippen LogP contribution in [0.4, 0.5) is 15.8 Å². The van der Waals surface area contributed by atoms with E-state index in [2.05, 4.69) is 48.2 Å². The summed E-state index contributed by atoms with van der Waals surface area (Å²) in [5.41, 5.74) is 3.43. The zero-order valence-corrected chi connectivity index (χ0v) is 13.8. The third-order valence-corrected chi connectivity index (χ3v) is 5.65. The van der Waals surface area contributed by atoms with E-state index >= 15 is 0 Å². The lowest BCUT2D eigenvalue weighted by Gasteiger charge is -2.20. The summed E-state index contributed by atoms with van der Waals surface area (Å²) in [6.07, 6.45) is 0. The molecular weight excluding hydrogens is 305 g/mol. The van der Waals surface area contributed by atoms with E-state index in [4.69, 9.17) is 0 Å². The SMILES string of the molecule is Cc1cccc2c1sc1c(N(C)c3ccc(F)cc3)cccc12. The lowest BCUT2D eigenvalue weighted by atomic mass is 10.1. The first-order chi connectivity index (χ1) is 11.1. The Hall–Kier alpha value is -2.39. The number of fused-ring (bicyclic) bond motifs is 3. The number of rotatable bonds is 2. The molecule has 4 rings (SSSR count). The standard InChI is InChI=1S/C20H16FNS/c1-13-5-3-6-16-17-7-4-8-18(20(17)23-19(13)16)22(2)15-11-9-14(21)10-12-15/h3-12H,1-2H3. The zero-order chi connectivity index (χ0) is 16.0. The highest BCUT2D eigenvalue weighted by atomic mass is 32.1. The fourth-order valence-corrected chi connectivity index (χ4v) is 4.33. The normalized spacial score (nSPS) is 11.3. The van der Waals surface area contributed by atoms with E-state index in [0.29, 0.717) is 0 Å². The third kappa shape index (κ3) is 2.28. The average Bonchev–Trinajstić information content (AvgIpc) is 2.95. The molecule has 0 radical (unpaired) electrons. The van der Waals surface area contributed by atoms with Gasteiger partial charge in [-0.1, -0.05) is 30.3 Å². The Labute approximate surface area is 138 Å². The van der Waals surface area contributed by atoms with Gasteiger partial charge in [-0.3, -0.25) is 0 Å². The van der Waals surface area contributed by atoms with Crippen LogP contribution in [0.5, 0.6) is 0 Å². The van der Waals surface area contributed by atoms with Crippen LogP contribution in [0.2, 0.25) is 0 Å². The van der Waals surface area contributed by atoms with E-state index < -0.39 is 0 Å². The molecule has 0 unspecified atom stereocenters. The molecule has 1 heterocycles. The summed E-state index contributed by atoms with van der Waals surface area (Å²) in [7, 11) is 2.03. The molecule has 0 bridgehead atoms. The van der Waals surface area contributed by atoms with Crippen LogP contribution in [0.1, 0.15) is 5.56 Å². The monoisotopic (exact) mass is 321 g/mol. The van der Waals surface area contributed by atoms with Gasteiger partial charge in [0.05, 0.1) is 10.4 Å². The molecular formula is C20H16FNS. The average molecular weight is 321 g/mol. The van der Waals surface area contributed by atoms with Crippen molar-refractivity contribution < 1.29 is 4.39 Å². The largest absolute Gasteiger partial charge is 0.343 e. The van der Waals surface area contributed by atoms with Gasteiger partial charge in [-0.25, -0.2) is 4.39 Å². The molecule has 23 heavy (non-hydrogen) atoms. The maximum absolute atomic E-state index is 13.2. The van der Waals surface area contributed by atoms with Crippen LogP contribution >= 0.6 is 11.3 Å². The highest BCUT2D eigenvalue weighted by Crippen LogP contribution is 2.41. The van der Waals surface area contributed by atoms with Crippen molar-refractivity contribution in [3.63, 3.8) is 0 Å². The van der Waals surface area contributed by atoms with Gasteiger partial charge in [0, 0.05) is 28.2 Å². The Kier molecular flexibility index (Phi) is 3.31. The van der Waals surface area contributed by atoms with Crippen LogP contribution in [0.25, 0.3) is 20.2 Å². The highest BCUT2D eigenvalue weighted by Gasteiger charge is 2.13.